The van der Waals surface area contributed by atoms with E-state index in [1.54, 1.807) is 5.57 Å². The van der Waals surface area contributed by atoms with Gasteiger partial charge in [0.25, 0.3) is 0 Å². The monoisotopic (exact) mass is 454 g/mol. The van der Waals surface area contributed by atoms with Gasteiger partial charge in [-0.15, -0.1) is 0 Å². The van der Waals surface area contributed by atoms with Crippen molar-refractivity contribution in [2.24, 2.45) is 44.8 Å². The summed E-state index contributed by atoms with van der Waals surface area (Å²) in [4.78, 5) is 12.2. The molecule has 2 nitrogen and oxygen atoms in total. The first-order chi connectivity index (χ1) is 15.2. The van der Waals surface area contributed by atoms with Gasteiger partial charge in [0.2, 0.25) is 0 Å². The van der Waals surface area contributed by atoms with Crippen molar-refractivity contribution in [3.63, 3.8) is 0 Å². The van der Waals surface area contributed by atoms with E-state index in [4.69, 9.17) is 4.74 Å². The molecule has 186 valence electrons. The maximum Gasteiger partial charge on any atom is 0.305 e. The lowest BCUT2D eigenvalue weighted by molar-refractivity contribution is -0.144. The predicted molar refractivity (Wildman–Crippen MR) is 138 cm³/mol. The zero-order valence-electron chi connectivity index (χ0n) is 22.9. The lowest BCUT2D eigenvalue weighted by Crippen LogP contribution is -2.59. The molecule has 0 aromatic heterocycles. The highest BCUT2D eigenvalue weighted by Crippen LogP contribution is 2.73. The summed E-state index contributed by atoms with van der Waals surface area (Å²) in [5.41, 5.74) is 4.65. The maximum absolute atomic E-state index is 12.2. The van der Waals surface area contributed by atoms with Crippen molar-refractivity contribution < 1.29 is 9.53 Å². The average molecular weight is 455 g/mol. The van der Waals surface area contributed by atoms with E-state index < -0.39 is 0 Å². The number of fused-ring (bicyclic) bond motifs is 5. The molecule has 2 heteroatoms. The van der Waals surface area contributed by atoms with E-state index in [2.05, 4.69) is 61.1 Å². The molecule has 4 rings (SSSR count). The van der Waals surface area contributed by atoms with Gasteiger partial charge in [0.1, 0.15) is 0 Å². The Morgan fingerprint density at radius 2 is 1.64 bits per heavy atom. The molecule has 4 aliphatic rings. The molecular weight excluding hydrogens is 404 g/mol. The van der Waals surface area contributed by atoms with Gasteiger partial charge in [-0.05, 0) is 110 Å². The first-order valence-electron chi connectivity index (χ1n) is 13.7. The Hall–Kier alpha value is -1.05. The van der Waals surface area contributed by atoms with Crippen LogP contribution in [0.2, 0.25) is 0 Å². The molecule has 4 aliphatic carbocycles. The molecule has 0 N–H and O–H groups in total. The van der Waals surface area contributed by atoms with E-state index in [-0.39, 0.29) is 16.8 Å². The third-order valence-electron chi connectivity index (χ3n) is 11.7. The summed E-state index contributed by atoms with van der Waals surface area (Å²) in [7, 11) is 1.52. The fraction of sp³-hybridized carbons (Fsp3) is 0.839. The summed E-state index contributed by atoms with van der Waals surface area (Å²) in [6.07, 6.45) is 14.6. The second kappa shape index (κ2) is 7.99. The van der Waals surface area contributed by atoms with E-state index in [1.807, 2.05) is 0 Å². The van der Waals surface area contributed by atoms with Crippen molar-refractivity contribution in [3.8, 4) is 0 Å². The molecule has 0 amide bonds. The van der Waals surface area contributed by atoms with E-state index in [9.17, 15) is 4.79 Å². The number of carbonyl (C=O) groups excluding carboxylic acids is 1. The molecule has 0 aromatic carbocycles. The standard InChI is InChI=1S/C31H50O2/c1-21(2)22-10-15-30(7)23(29(22,6)17-13-26(32)33-9)12-16-31(8)24(30)11-14-28(5)19-18-27(3,4)20-25(28)31/h11,22-23,25H,1,10,12-20H2,2-9H3/t22-,23+,25-,28-,29-,30+,31+/m0/s1. The Kier molecular flexibility index (Phi) is 6.07. The van der Waals surface area contributed by atoms with Crippen LogP contribution >= 0.6 is 0 Å². The summed E-state index contributed by atoms with van der Waals surface area (Å²) in [6, 6.07) is 0. The minimum absolute atomic E-state index is 0.0679. The summed E-state index contributed by atoms with van der Waals surface area (Å²) in [6.45, 7) is 22.0. The van der Waals surface area contributed by atoms with Crippen molar-refractivity contribution >= 4 is 5.97 Å². The topological polar surface area (TPSA) is 26.3 Å². The summed E-state index contributed by atoms with van der Waals surface area (Å²) in [5, 5.41) is 0. The van der Waals surface area contributed by atoms with Crippen molar-refractivity contribution in [2.45, 2.75) is 113 Å². The van der Waals surface area contributed by atoms with Crippen LogP contribution in [0.5, 0.6) is 0 Å². The van der Waals surface area contributed by atoms with Gasteiger partial charge in [-0.2, -0.15) is 0 Å². The van der Waals surface area contributed by atoms with E-state index >= 15 is 0 Å². The molecule has 3 fully saturated rings. The highest BCUT2D eigenvalue weighted by Gasteiger charge is 2.64. The fourth-order valence-corrected chi connectivity index (χ4v) is 9.85. The second-order valence-electron chi connectivity index (χ2n) is 14.3. The third kappa shape index (κ3) is 3.77. The Bertz CT molecular complexity index is 851. The van der Waals surface area contributed by atoms with E-state index in [1.165, 1.54) is 64.0 Å². The highest BCUT2D eigenvalue weighted by atomic mass is 16.5. The molecule has 7 atom stereocenters. The lowest BCUT2D eigenvalue weighted by Gasteiger charge is -2.68. The van der Waals surface area contributed by atoms with Crippen molar-refractivity contribution in [1.29, 1.82) is 0 Å². The van der Waals surface area contributed by atoms with Crippen LogP contribution in [-0.4, -0.2) is 13.1 Å². The zero-order chi connectivity index (χ0) is 24.4. The smallest absolute Gasteiger partial charge is 0.305 e. The highest BCUT2D eigenvalue weighted by molar-refractivity contribution is 5.69. The maximum atomic E-state index is 12.2. The van der Waals surface area contributed by atoms with Gasteiger partial charge in [0, 0.05) is 6.42 Å². The number of hydrogen-bond acceptors (Lipinski definition) is 2. The number of carbonyl (C=O) groups is 1. The van der Waals surface area contributed by atoms with Crippen molar-refractivity contribution in [2.75, 3.05) is 7.11 Å². The molecule has 0 spiro atoms. The Morgan fingerprint density at radius 1 is 1.00 bits per heavy atom. The molecule has 0 heterocycles. The van der Waals surface area contributed by atoms with Gasteiger partial charge in [-0.1, -0.05) is 65.3 Å². The second-order valence-corrected chi connectivity index (χ2v) is 14.3. The normalized spacial score (nSPS) is 46.3. The van der Waals surface area contributed by atoms with Crippen LogP contribution in [0.25, 0.3) is 0 Å². The molecule has 0 bridgehead atoms. The quantitative estimate of drug-likeness (QED) is 0.314. The number of rotatable bonds is 4. The third-order valence-corrected chi connectivity index (χ3v) is 11.7. The molecule has 3 saturated carbocycles. The minimum atomic E-state index is -0.0679. The average Bonchev–Trinajstić information content (AvgIpc) is 2.72. The molecule has 0 aliphatic heterocycles. The number of allylic oxidation sites excluding steroid dienone is 3. The fourth-order valence-electron chi connectivity index (χ4n) is 9.85. The minimum Gasteiger partial charge on any atom is -0.469 e. The van der Waals surface area contributed by atoms with Crippen LogP contribution in [0.15, 0.2) is 23.8 Å². The van der Waals surface area contributed by atoms with Crippen LogP contribution in [0, 0.1) is 44.8 Å². The van der Waals surface area contributed by atoms with Crippen LogP contribution in [0.4, 0.5) is 0 Å². The Labute approximate surface area is 204 Å². The molecule has 0 unspecified atom stereocenters. The van der Waals surface area contributed by atoms with Crippen LogP contribution in [-0.2, 0) is 9.53 Å². The van der Waals surface area contributed by atoms with E-state index in [0.717, 1.165) is 12.3 Å². The van der Waals surface area contributed by atoms with Gasteiger partial charge in [0.15, 0.2) is 0 Å². The molecule has 0 saturated heterocycles. The number of hydrogen-bond donors (Lipinski definition) is 0. The van der Waals surface area contributed by atoms with Gasteiger partial charge >= 0.3 is 5.97 Å². The summed E-state index contributed by atoms with van der Waals surface area (Å²) in [5.74, 6) is 1.81. The predicted octanol–water partition coefficient (Wildman–Crippen LogP) is 8.52. The first-order valence-corrected chi connectivity index (χ1v) is 13.7. The molecule has 0 aromatic rings. The number of methoxy groups -OCH3 is 1. The number of ether oxygens (including phenoxy) is 1. The first kappa shape index (κ1) is 25.1. The summed E-state index contributed by atoms with van der Waals surface area (Å²) >= 11 is 0. The van der Waals surface area contributed by atoms with Crippen molar-refractivity contribution in [1.82, 2.24) is 0 Å². The number of esters is 1. The largest absolute Gasteiger partial charge is 0.469 e. The van der Waals surface area contributed by atoms with Gasteiger partial charge in [0.05, 0.1) is 7.11 Å². The van der Waals surface area contributed by atoms with E-state index in [0.29, 0.717) is 34.5 Å². The molecular formula is C31H50O2. The van der Waals surface area contributed by atoms with Gasteiger partial charge in [-0.25, -0.2) is 0 Å². The van der Waals surface area contributed by atoms with Gasteiger partial charge < -0.3 is 4.74 Å². The SMILES string of the molecule is C=C(C)[C@@H]1CC[C@@]2(C)C3=CC[C@@]4(C)CCC(C)(C)C[C@@H]4[C@]3(C)CC[C@@H]2[C@@]1(C)CCC(=O)OC. The van der Waals surface area contributed by atoms with Crippen molar-refractivity contribution in [3.05, 3.63) is 23.8 Å². The molecule has 0 radical (unpaired) electrons. The van der Waals surface area contributed by atoms with Crippen LogP contribution < -0.4 is 0 Å². The lowest BCUT2D eigenvalue weighted by atomic mass is 9.36. The Balaban J connectivity index is 1.74. The van der Waals surface area contributed by atoms with Crippen LogP contribution in [0.1, 0.15) is 113 Å². The molecule has 33 heavy (non-hydrogen) atoms. The zero-order valence-corrected chi connectivity index (χ0v) is 22.9. The van der Waals surface area contributed by atoms with Crippen LogP contribution in [0.3, 0.4) is 0 Å². The summed E-state index contributed by atoms with van der Waals surface area (Å²) < 4.78 is 5.06. The Morgan fingerprint density at radius 3 is 2.27 bits per heavy atom. The van der Waals surface area contributed by atoms with Gasteiger partial charge in [-0.3, -0.25) is 4.79 Å².